The Morgan fingerprint density at radius 2 is 2.19 bits per heavy atom. The molecular formula is C11H12BrN3O. The van der Waals surface area contributed by atoms with Crippen LogP contribution in [0.15, 0.2) is 23.2 Å². The summed E-state index contributed by atoms with van der Waals surface area (Å²) in [7, 11) is 0. The Labute approximate surface area is 102 Å². The van der Waals surface area contributed by atoms with E-state index >= 15 is 0 Å². The van der Waals surface area contributed by atoms with Crippen LogP contribution in [0.5, 0.6) is 0 Å². The summed E-state index contributed by atoms with van der Waals surface area (Å²) < 4.78 is 8.37. The van der Waals surface area contributed by atoms with Gasteiger partial charge < -0.3 is 4.74 Å². The maximum atomic E-state index is 5.38. The summed E-state index contributed by atoms with van der Waals surface area (Å²) in [5.74, 6) is 1.61. The summed E-state index contributed by atoms with van der Waals surface area (Å²) >= 11 is 3.48. The SMILES string of the molecule is Brc1nc(C2CCOCC2)n2ccncc12. The third kappa shape index (κ3) is 1.64. The molecule has 0 atom stereocenters. The third-order valence-electron chi connectivity index (χ3n) is 3.02. The van der Waals surface area contributed by atoms with Crippen LogP contribution in [0.1, 0.15) is 24.6 Å². The normalized spacial score (nSPS) is 18.1. The molecular weight excluding hydrogens is 270 g/mol. The van der Waals surface area contributed by atoms with Crippen molar-refractivity contribution in [3.05, 3.63) is 29.0 Å². The molecule has 0 amide bonds. The van der Waals surface area contributed by atoms with Gasteiger partial charge in [-0.15, -0.1) is 0 Å². The van der Waals surface area contributed by atoms with Gasteiger partial charge in [-0.25, -0.2) is 4.98 Å². The predicted octanol–water partition coefficient (Wildman–Crippen LogP) is 2.39. The van der Waals surface area contributed by atoms with Crippen LogP contribution in [-0.4, -0.2) is 27.6 Å². The largest absolute Gasteiger partial charge is 0.381 e. The van der Waals surface area contributed by atoms with Gasteiger partial charge in [0.15, 0.2) is 0 Å². The maximum absolute atomic E-state index is 5.38. The second-order valence-corrected chi connectivity index (χ2v) is 4.73. The molecule has 16 heavy (non-hydrogen) atoms. The Bertz CT molecular complexity index is 505. The molecule has 0 spiro atoms. The molecule has 5 heteroatoms. The Morgan fingerprint density at radius 3 is 3.00 bits per heavy atom. The molecule has 1 fully saturated rings. The standard InChI is InChI=1S/C11H12BrN3O/c12-10-9-7-13-3-4-15(9)11(14-10)8-1-5-16-6-2-8/h3-4,7-8H,1-2,5-6H2. The molecule has 0 bridgehead atoms. The number of rotatable bonds is 1. The highest BCUT2D eigenvalue weighted by Crippen LogP contribution is 2.29. The fraction of sp³-hybridized carbons (Fsp3) is 0.455. The molecule has 0 aromatic carbocycles. The highest BCUT2D eigenvalue weighted by molar-refractivity contribution is 9.10. The summed E-state index contributed by atoms with van der Waals surface area (Å²) in [4.78, 5) is 8.71. The van der Waals surface area contributed by atoms with Gasteiger partial charge in [-0.3, -0.25) is 9.38 Å². The van der Waals surface area contributed by atoms with Gasteiger partial charge in [0.1, 0.15) is 10.4 Å². The number of ether oxygens (including phenoxy) is 1. The summed E-state index contributed by atoms with van der Waals surface area (Å²) in [6.45, 7) is 1.67. The van der Waals surface area contributed by atoms with E-state index in [0.717, 1.165) is 42.0 Å². The van der Waals surface area contributed by atoms with Gasteiger partial charge in [0, 0.05) is 31.5 Å². The number of hydrogen-bond acceptors (Lipinski definition) is 3. The Morgan fingerprint density at radius 1 is 1.38 bits per heavy atom. The molecule has 2 aromatic rings. The number of aromatic nitrogens is 3. The van der Waals surface area contributed by atoms with Crippen molar-refractivity contribution >= 4 is 21.4 Å². The van der Waals surface area contributed by atoms with E-state index in [9.17, 15) is 0 Å². The van der Waals surface area contributed by atoms with Crippen molar-refractivity contribution in [2.45, 2.75) is 18.8 Å². The molecule has 0 N–H and O–H groups in total. The van der Waals surface area contributed by atoms with Crippen LogP contribution in [0.4, 0.5) is 0 Å². The van der Waals surface area contributed by atoms with E-state index in [0.29, 0.717) is 5.92 Å². The minimum Gasteiger partial charge on any atom is -0.381 e. The van der Waals surface area contributed by atoms with E-state index in [1.807, 2.05) is 12.4 Å². The summed E-state index contributed by atoms with van der Waals surface area (Å²) in [6, 6.07) is 0. The van der Waals surface area contributed by atoms with Crippen LogP contribution < -0.4 is 0 Å². The van der Waals surface area contributed by atoms with Gasteiger partial charge in [0.05, 0.1) is 11.7 Å². The van der Waals surface area contributed by atoms with Crippen molar-refractivity contribution < 1.29 is 4.74 Å². The van der Waals surface area contributed by atoms with E-state index in [2.05, 4.69) is 30.3 Å². The first kappa shape index (κ1) is 10.2. The van der Waals surface area contributed by atoms with Crippen molar-refractivity contribution in [1.82, 2.24) is 14.4 Å². The quantitative estimate of drug-likeness (QED) is 0.806. The molecule has 0 saturated carbocycles. The molecule has 0 aliphatic carbocycles. The van der Waals surface area contributed by atoms with Crippen LogP contribution in [0.2, 0.25) is 0 Å². The van der Waals surface area contributed by atoms with Gasteiger partial charge in [0.2, 0.25) is 0 Å². The topological polar surface area (TPSA) is 39.4 Å². The first-order valence-electron chi connectivity index (χ1n) is 5.41. The van der Waals surface area contributed by atoms with Gasteiger partial charge in [-0.2, -0.15) is 0 Å². The minimum absolute atomic E-state index is 0.495. The van der Waals surface area contributed by atoms with Crippen LogP contribution >= 0.6 is 15.9 Å². The van der Waals surface area contributed by atoms with Gasteiger partial charge in [0.25, 0.3) is 0 Å². The van der Waals surface area contributed by atoms with E-state index in [4.69, 9.17) is 4.74 Å². The second-order valence-electron chi connectivity index (χ2n) is 3.98. The zero-order chi connectivity index (χ0) is 11.0. The number of nitrogens with zero attached hydrogens (tertiary/aromatic N) is 3. The van der Waals surface area contributed by atoms with Crippen molar-refractivity contribution in [2.24, 2.45) is 0 Å². The van der Waals surface area contributed by atoms with Crippen LogP contribution in [0, 0.1) is 0 Å². The van der Waals surface area contributed by atoms with E-state index in [1.54, 1.807) is 6.20 Å². The van der Waals surface area contributed by atoms with Crippen LogP contribution in [0.3, 0.4) is 0 Å². The van der Waals surface area contributed by atoms with Crippen molar-refractivity contribution in [1.29, 1.82) is 0 Å². The number of halogens is 1. The monoisotopic (exact) mass is 281 g/mol. The number of imidazole rings is 1. The van der Waals surface area contributed by atoms with Gasteiger partial charge >= 0.3 is 0 Å². The molecule has 3 rings (SSSR count). The lowest BCUT2D eigenvalue weighted by molar-refractivity contribution is 0.0834. The highest BCUT2D eigenvalue weighted by Gasteiger charge is 2.21. The van der Waals surface area contributed by atoms with Gasteiger partial charge in [-0.05, 0) is 28.8 Å². The lowest BCUT2D eigenvalue weighted by atomic mass is 10.00. The highest BCUT2D eigenvalue weighted by atomic mass is 79.9. The predicted molar refractivity (Wildman–Crippen MR) is 63.5 cm³/mol. The second kappa shape index (κ2) is 4.14. The third-order valence-corrected chi connectivity index (χ3v) is 3.60. The lowest BCUT2D eigenvalue weighted by Crippen LogP contribution is -2.16. The molecule has 4 nitrogen and oxygen atoms in total. The Balaban J connectivity index is 2.08. The summed E-state index contributed by atoms with van der Waals surface area (Å²) in [5.41, 5.74) is 1.03. The van der Waals surface area contributed by atoms with Crippen molar-refractivity contribution in [3.63, 3.8) is 0 Å². The maximum Gasteiger partial charge on any atom is 0.133 e. The molecule has 3 heterocycles. The zero-order valence-corrected chi connectivity index (χ0v) is 10.4. The van der Waals surface area contributed by atoms with Crippen molar-refractivity contribution in [3.8, 4) is 0 Å². The molecule has 2 aromatic heterocycles. The fourth-order valence-electron chi connectivity index (χ4n) is 2.17. The molecule has 1 aliphatic rings. The molecule has 1 saturated heterocycles. The number of hydrogen-bond donors (Lipinski definition) is 0. The number of fused-ring (bicyclic) bond motifs is 1. The molecule has 0 unspecified atom stereocenters. The van der Waals surface area contributed by atoms with Crippen LogP contribution in [-0.2, 0) is 4.74 Å². The fourth-order valence-corrected chi connectivity index (χ4v) is 2.64. The first-order chi connectivity index (χ1) is 7.86. The van der Waals surface area contributed by atoms with E-state index in [1.165, 1.54) is 0 Å². The van der Waals surface area contributed by atoms with Gasteiger partial charge in [-0.1, -0.05) is 0 Å². The lowest BCUT2D eigenvalue weighted by Gasteiger charge is -2.20. The van der Waals surface area contributed by atoms with Crippen LogP contribution in [0.25, 0.3) is 5.52 Å². The average molecular weight is 282 g/mol. The molecule has 1 aliphatic heterocycles. The average Bonchev–Trinajstić information content (AvgIpc) is 2.69. The molecule has 0 radical (unpaired) electrons. The Kier molecular flexibility index (Phi) is 2.65. The summed E-state index contributed by atoms with van der Waals surface area (Å²) in [5, 5.41) is 0. The Hall–Kier alpha value is -0.940. The van der Waals surface area contributed by atoms with E-state index < -0.39 is 0 Å². The zero-order valence-electron chi connectivity index (χ0n) is 8.77. The van der Waals surface area contributed by atoms with E-state index in [-0.39, 0.29) is 0 Å². The summed E-state index contributed by atoms with van der Waals surface area (Å²) in [6.07, 6.45) is 7.70. The smallest absolute Gasteiger partial charge is 0.133 e. The van der Waals surface area contributed by atoms with Crippen molar-refractivity contribution in [2.75, 3.05) is 13.2 Å². The first-order valence-corrected chi connectivity index (χ1v) is 6.21. The minimum atomic E-state index is 0.495. The molecule has 84 valence electrons.